The van der Waals surface area contributed by atoms with Crippen molar-refractivity contribution >= 4 is 5.91 Å². The van der Waals surface area contributed by atoms with E-state index in [0.29, 0.717) is 0 Å². The van der Waals surface area contributed by atoms with Crippen LogP contribution in [-0.2, 0) is 5.92 Å². The normalized spacial score (nSPS) is 12.6. The van der Waals surface area contributed by atoms with Gasteiger partial charge in [-0.2, -0.15) is 26.9 Å². The Morgan fingerprint density at radius 3 is 2.33 bits per heavy atom. The molecule has 1 aromatic heterocycles. The second-order valence-corrected chi connectivity index (χ2v) is 2.99. The first kappa shape index (κ1) is 14.1. The van der Waals surface area contributed by atoms with Crippen LogP contribution in [0.15, 0.2) is 0 Å². The second kappa shape index (κ2) is 4.38. The van der Waals surface area contributed by atoms with Crippen LogP contribution in [0.2, 0.25) is 0 Å². The zero-order valence-electron chi connectivity index (χ0n) is 8.83. The van der Waals surface area contributed by atoms with Gasteiger partial charge in [0.05, 0.1) is 0 Å². The molecule has 0 aliphatic rings. The number of carbonyl (C=O) groups excluding carboxylic acids is 1. The molecule has 0 saturated carbocycles. The summed E-state index contributed by atoms with van der Waals surface area (Å²) >= 11 is 0. The quantitative estimate of drug-likeness (QED) is 0.809. The van der Waals surface area contributed by atoms with Gasteiger partial charge in [0.25, 0.3) is 11.7 Å². The van der Waals surface area contributed by atoms with Crippen molar-refractivity contribution in [1.82, 2.24) is 14.9 Å². The average Bonchev–Trinajstić information content (AvgIpc) is 2.61. The number of hydrogen-bond acceptors (Lipinski definition) is 4. The van der Waals surface area contributed by atoms with Crippen LogP contribution in [0.1, 0.15) is 23.4 Å². The molecular weight excluding hydrogens is 267 g/mol. The highest BCUT2D eigenvalue weighted by Gasteiger charge is 2.62. The molecule has 0 atom stereocenters. The van der Waals surface area contributed by atoms with Gasteiger partial charge >= 0.3 is 12.1 Å². The molecule has 0 fully saturated rings. The van der Waals surface area contributed by atoms with E-state index in [9.17, 15) is 26.7 Å². The molecule has 2 N–H and O–H groups in total. The number of rotatable bonds is 4. The summed E-state index contributed by atoms with van der Waals surface area (Å²) in [6.07, 6.45) is -5.89. The Labute approximate surface area is 96.5 Å². The smallest absolute Gasteiger partial charge is 0.395 e. The van der Waals surface area contributed by atoms with E-state index >= 15 is 0 Å². The summed E-state index contributed by atoms with van der Waals surface area (Å²) in [6.45, 7) is 1.26. The Kier molecular flexibility index (Phi) is 3.44. The standard InChI is InChI=1S/C7H7F5N4O2/c1-2-18-16-4(3(13)17)14-5(15-16)6(8,9)7(10,11)12/h2H2,1H3,(H2,13,17). The lowest BCUT2D eigenvalue weighted by Crippen LogP contribution is -2.35. The van der Waals surface area contributed by atoms with E-state index in [1.165, 1.54) is 6.92 Å². The number of amides is 1. The minimum absolute atomic E-state index is 0.136. The molecular formula is C7H7F5N4O2. The number of carbonyl (C=O) groups is 1. The predicted octanol–water partition coefficient (Wildman–Crippen LogP) is 0.480. The number of aromatic nitrogens is 3. The largest absolute Gasteiger partial charge is 0.461 e. The van der Waals surface area contributed by atoms with Gasteiger partial charge in [-0.25, -0.2) is 0 Å². The van der Waals surface area contributed by atoms with Crippen molar-refractivity contribution in [1.29, 1.82) is 0 Å². The van der Waals surface area contributed by atoms with Gasteiger partial charge in [0, 0.05) is 0 Å². The third-order valence-electron chi connectivity index (χ3n) is 1.69. The monoisotopic (exact) mass is 274 g/mol. The lowest BCUT2D eigenvalue weighted by Gasteiger charge is -2.15. The summed E-state index contributed by atoms with van der Waals surface area (Å²) in [5, 5.41) is 2.77. The fourth-order valence-corrected chi connectivity index (χ4v) is 0.920. The lowest BCUT2D eigenvalue weighted by atomic mass is 10.3. The molecule has 0 aromatic carbocycles. The molecule has 6 nitrogen and oxygen atoms in total. The number of halogens is 5. The number of nitrogens with two attached hydrogens (primary N) is 1. The maximum atomic E-state index is 12.9. The molecule has 102 valence electrons. The van der Waals surface area contributed by atoms with Crippen LogP contribution in [0, 0.1) is 0 Å². The number of alkyl halides is 5. The number of primary amides is 1. The molecule has 18 heavy (non-hydrogen) atoms. The lowest BCUT2D eigenvalue weighted by molar-refractivity contribution is -0.292. The zero-order chi connectivity index (χ0) is 14.1. The molecule has 0 radical (unpaired) electrons. The van der Waals surface area contributed by atoms with Crippen LogP contribution >= 0.6 is 0 Å². The Bertz CT molecular complexity index is 455. The first-order valence-electron chi connectivity index (χ1n) is 4.46. The van der Waals surface area contributed by atoms with Gasteiger partial charge in [0.2, 0.25) is 5.82 Å². The number of hydrogen-bond donors (Lipinski definition) is 1. The SMILES string of the molecule is CCOn1nc(C(F)(F)C(F)(F)F)nc1C(N)=O. The van der Waals surface area contributed by atoms with Gasteiger partial charge in [0.15, 0.2) is 0 Å². The zero-order valence-corrected chi connectivity index (χ0v) is 8.83. The van der Waals surface area contributed by atoms with Gasteiger partial charge in [-0.15, -0.1) is 5.10 Å². The molecule has 0 spiro atoms. The highest BCUT2D eigenvalue weighted by Crippen LogP contribution is 2.42. The Morgan fingerprint density at radius 1 is 1.39 bits per heavy atom. The van der Waals surface area contributed by atoms with E-state index < -0.39 is 29.7 Å². The summed E-state index contributed by atoms with van der Waals surface area (Å²) in [4.78, 5) is 18.2. The van der Waals surface area contributed by atoms with Gasteiger partial charge in [-0.3, -0.25) is 4.79 Å². The van der Waals surface area contributed by atoms with Crippen molar-refractivity contribution in [2.24, 2.45) is 5.73 Å². The minimum atomic E-state index is -5.89. The Hall–Kier alpha value is -1.94. The summed E-state index contributed by atoms with van der Waals surface area (Å²) in [6, 6.07) is 0. The maximum absolute atomic E-state index is 12.9. The highest BCUT2D eigenvalue weighted by atomic mass is 19.4. The molecule has 1 aromatic rings. The van der Waals surface area contributed by atoms with Crippen LogP contribution in [0.4, 0.5) is 22.0 Å². The van der Waals surface area contributed by atoms with Crippen LogP contribution in [0.3, 0.4) is 0 Å². The molecule has 1 heterocycles. The van der Waals surface area contributed by atoms with Crippen molar-refractivity contribution in [2.45, 2.75) is 19.0 Å². The van der Waals surface area contributed by atoms with Crippen molar-refractivity contribution in [3.05, 3.63) is 11.6 Å². The first-order chi connectivity index (χ1) is 8.11. The third-order valence-corrected chi connectivity index (χ3v) is 1.69. The average molecular weight is 274 g/mol. The van der Waals surface area contributed by atoms with Crippen molar-refractivity contribution in [3.8, 4) is 0 Å². The van der Waals surface area contributed by atoms with Crippen LogP contribution in [0.25, 0.3) is 0 Å². The summed E-state index contributed by atoms with van der Waals surface area (Å²) in [7, 11) is 0. The van der Waals surface area contributed by atoms with E-state index in [1.807, 2.05) is 0 Å². The van der Waals surface area contributed by atoms with Crippen LogP contribution in [0.5, 0.6) is 0 Å². The highest BCUT2D eigenvalue weighted by molar-refractivity contribution is 5.88. The first-order valence-corrected chi connectivity index (χ1v) is 4.46. The van der Waals surface area contributed by atoms with Gasteiger partial charge in [-0.1, -0.05) is 4.85 Å². The van der Waals surface area contributed by atoms with Crippen molar-refractivity contribution < 1.29 is 31.6 Å². The van der Waals surface area contributed by atoms with E-state index in [1.54, 1.807) is 0 Å². The summed E-state index contributed by atoms with van der Waals surface area (Å²) in [5.41, 5.74) is 4.74. The van der Waals surface area contributed by atoms with Gasteiger partial charge < -0.3 is 10.6 Å². The molecule has 1 rings (SSSR count). The maximum Gasteiger partial charge on any atom is 0.461 e. The van der Waals surface area contributed by atoms with E-state index in [2.05, 4.69) is 14.9 Å². The topological polar surface area (TPSA) is 83.0 Å². The number of nitrogens with zero attached hydrogens (tertiary/aromatic N) is 3. The molecule has 11 heteroatoms. The molecule has 0 saturated heterocycles. The van der Waals surface area contributed by atoms with Crippen molar-refractivity contribution in [3.63, 3.8) is 0 Å². The second-order valence-electron chi connectivity index (χ2n) is 2.99. The van der Waals surface area contributed by atoms with Gasteiger partial charge in [-0.05, 0) is 6.92 Å². The van der Waals surface area contributed by atoms with E-state index in [-0.39, 0.29) is 11.5 Å². The summed E-state index contributed by atoms with van der Waals surface area (Å²) in [5.74, 6) is -9.51. The summed E-state index contributed by atoms with van der Waals surface area (Å²) < 4.78 is 61.9. The Balaban J connectivity index is 3.28. The third kappa shape index (κ3) is 2.33. The Morgan fingerprint density at radius 2 is 1.94 bits per heavy atom. The van der Waals surface area contributed by atoms with Crippen LogP contribution in [-0.4, -0.2) is 33.6 Å². The van der Waals surface area contributed by atoms with E-state index in [4.69, 9.17) is 5.73 Å². The molecule has 1 amide bonds. The molecule has 0 bridgehead atoms. The van der Waals surface area contributed by atoms with E-state index in [0.717, 1.165) is 0 Å². The molecule has 0 aliphatic carbocycles. The fraction of sp³-hybridized carbons (Fsp3) is 0.571. The van der Waals surface area contributed by atoms with Crippen molar-refractivity contribution in [2.75, 3.05) is 6.61 Å². The van der Waals surface area contributed by atoms with Gasteiger partial charge in [0.1, 0.15) is 6.61 Å². The minimum Gasteiger partial charge on any atom is -0.395 e. The molecule has 0 aliphatic heterocycles. The predicted molar refractivity (Wildman–Crippen MR) is 45.6 cm³/mol. The fourth-order valence-electron chi connectivity index (χ4n) is 0.920. The van der Waals surface area contributed by atoms with Crippen LogP contribution < -0.4 is 10.6 Å². The molecule has 0 unspecified atom stereocenters.